The molecule has 1 rings (SSSR count). The molecule has 5 nitrogen and oxygen atoms in total. The summed E-state index contributed by atoms with van der Waals surface area (Å²) in [6, 6.07) is 1.58. The zero-order chi connectivity index (χ0) is 13.0. The van der Waals surface area contributed by atoms with Crippen molar-refractivity contribution in [1.82, 2.24) is 0 Å². The van der Waals surface area contributed by atoms with E-state index in [1.165, 1.54) is 21.3 Å². The largest absolute Gasteiger partial charge is 0.493 e. The normalized spacial score (nSPS) is 11.2. The van der Waals surface area contributed by atoms with Crippen molar-refractivity contribution in [2.24, 2.45) is 10.7 Å². The molecule has 0 heterocycles. The monoisotopic (exact) mass is 241 g/mol. The van der Waals surface area contributed by atoms with E-state index in [0.29, 0.717) is 5.56 Å². The van der Waals surface area contributed by atoms with Crippen LogP contribution in [0, 0.1) is 5.82 Å². The molecular formula is C11H16FN3O2. The lowest BCUT2D eigenvalue weighted by Gasteiger charge is -2.15. The van der Waals surface area contributed by atoms with Gasteiger partial charge in [-0.1, -0.05) is 0 Å². The third-order valence-corrected chi connectivity index (χ3v) is 2.38. The number of methoxy groups -OCH3 is 2. The van der Waals surface area contributed by atoms with Gasteiger partial charge in [0.2, 0.25) is 0 Å². The summed E-state index contributed by atoms with van der Waals surface area (Å²) in [5, 5.41) is 2.73. The number of halogens is 1. The van der Waals surface area contributed by atoms with E-state index in [-0.39, 0.29) is 23.0 Å². The molecule has 0 aromatic heterocycles. The number of benzene rings is 1. The van der Waals surface area contributed by atoms with Crippen LogP contribution in [-0.4, -0.2) is 34.2 Å². The fraction of sp³-hybridized carbons (Fsp3) is 0.364. The third-order valence-electron chi connectivity index (χ3n) is 2.38. The molecule has 0 aliphatic rings. The average Bonchev–Trinajstić information content (AvgIpc) is 2.36. The minimum Gasteiger partial charge on any atom is -0.493 e. The lowest BCUT2D eigenvalue weighted by atomic mass is 10.1. The van der Waals surface area contributed by atoms with Crippen LogP contribution in [0.3, 0.4) is 0 Å². The first-order chi connectivity index (χ1) is 8.10. The van der Waals surface area contributed by atoms with E-state index in [1.807, 2.05) is 0 Å². The molecule has 1 aromatic rings. The van der Waals surface area contributed by atoms with Gasteiger partial charge >= 0.3 is 0 Å². The summed E-state index contributed by atoms with van der Waals surface area (Å²) < 4.78 is 24.1. The van der Waals surface area contributed by atoms with E-state index in [0.717, 1.165) is 0 Å². The molecule has 0 saturated heterocycles. The molecule has 1 aromatic carbocycles. The number of ether oxygens (including phenoxy) is 2. The number of anilines is 1. The lowest BCUT2D eigenvalue weighted by Crippen LogP contribution is -2.16. The summed E-state index contributed by atoms with van der Waals surface area (Å²) in [4.78, 5) is 3.83. The van der Waals surface area contributed by atoms with Crippen LogP contribution in [0.1, 0.15) is 5.56 Å². The molecule has 0 bridgehead atoms. The molecule has 0 fully saturated rings. The Labute approximate surface area is 99.4 Å². The van der Waals surface area contributed by atoms with Crippen LogP contribution in [0.2, 0.25) is 0 Å². The molecule has 0 unspecified atom stereocenters. The van der Waals surface area contributed by atoms with Crippen LogP contribution in [0.15, 0.2) is 11.1 Å². The van der Waals surface area contributed by atoms with Gasteiger partial charge in [-0.05, 0) is 6.07 Å². The first kappa shape index (κ1) is 13.1. The second-order valence-corrected chi connectivity index (χ2v) is 3.21. The molecule has 6 heteroatoms. The van der Waals surface area contributed by atoms with E-state index in [1.54, 1.807) is 13.1 Å². The fourth-order valence-electron chi connectivity index (χ4n) is 1.52. The fourth-order valence-corrected chi connectivity index (χ4v) is 1.52. The Morgan fingerprint density at radius 1 is 1.41 bits per heavy atom. The zero-order valence-corrected chi connectivity index (χ0v) is 10.3. The van der Waals surface area contributed by atoms with Crippen LogP contribution in [0.4, 0.5) is 10.1 Å². The highest BCUT2D eigenvalue weighted by Gasteiger charge is 2.20. The number of aliphatic imine (C=N–C) groups is 1. The number of nitrogens with two attached hydrogens (primary N) is 1. The van der Waals surface area contributed by atoms with Gasteiger partial charge in [-0.2, -0.15) is 0 Å². The van der Waals surface area contributed by atoms with E-state index >= 15 is 0 Å². The molecule has 94 valence electrons. The number of nitrogens with one attached hydrogen (secondary N) is 1. The minimum atomic E-state index is -0.559. The van der Waals surface area contributed by atoms with Crippen molar-refractivity contribution >= 4 is 11.5 Å². The molecular weight excluding hydrogens is 225 g/mol. The Morgan fingerprint density at radius 3 is 2.47 bits per heavy atom. The van der Waals surface area contributed by atoms with Crippen molar-refractivity contribution in [3.63, 3.8) is 0 Å². The van der Waals surface area contributed by atoms with Crippen molar-refractivity contribution in [2.75, 3.05) is 33.6 Å². The van der Waals surface area contributed by atoms with Gasteiger partial charge < -0.3 is 20.5 Å². The van der Waals surface area contributed by atoms with Gasteiger partial charge in [0.1, 0.15) is 5.84 Å². The van der Waals surface area contributed by atoms with Gasteiger partial charge in [0.05, 0.1) is 19.9 Å². The van der Waals surface area contributed by atoms with Gasteiger partial charge in [-0.15, -0.1) is 0 Å². The SMILES string of the molecule is CN=C(N)c1cc(OC)c(OC)c(F)c1NC. The van der Waals surface area contributed by atoms with Crippen molar-refractivity contribution in [3.05, 3.63) is 17.4 Å². The van der Waals surface area contributed by atoms with Crippen LogP contribution >= 0.6 is 0 Å². The maximum atomic E-state index is 14.1. The lowest BCUT2D eigenvalue weighted by molar-refractivity contribution is 0.338. The van der Waals surface area contributed by atoms with Gasteiger partial charge in [0.25, 0.3) is 0 Å². The van der Waals surface area contributed by atoms with E-state index in [9.17, 15) is 4.39 Å². The standard InChI is InChI=1S/C11H16FN3O2/c1-14-9-6(11(13)15-2)5-7(16-3)10(17-4)8(9)12/h5,14H,1-4H3,(H2,13,15). The number of rotatable bonds is 4. The van der Waals surface area contributed by atoms with Crippen LogP contribution in [-0.2, 0) is 0 Å². The highest BCUT2D eigenvalue weighted by Crippen LogP contribution is 2.37. The first-order valence-corrected chi connectivity index (χ1v) is 4.95. The van der Waals surface area contributed by atoms with E-state index in [2.05, 4.69) is 10.3 Å². The quantitative estimate of drug-likeness (QED) is 0.614. The number of hydrogen-bond donors (Lipinski definition) is 2. The van der Waals surface area contributed by atoms with Gasteiger partial charge in [-0.3, -0.25) is 4.99 Å². The van der Waals surface area contributed by atoms with Crippen molar-refractivity contribution < 1.29 is 13.9 Å². The summed E-state index contributed by atoms with van der Waals surface area (Å²) in [5.74, 6) is -0.0414. The van der Waals surface area contributed by atoms with E-state index < -0.39 is 5.82 Å². The second-order valence-electron chi connectivity index (χ2n) is 3.21. The van der Waals surface area contributed by atoms with Crippen molar-refractivity contribution in [1.29, 1.82) is 0 Å². The third kappa shape index (κ3) is 2.25. The zero-order valence-electron chi connectivity index (χ0n) is 10.3. The summed E-state index contributed by atoms with van der Waals surface area (Å²) >= 11 is 0. The predicted octanol–water partition coefficient (Wildman–Crippen LogP) is 1.22. The highest BCUT2D eigenvalue weighted by molar-refractivity contribution is 6.03. The molecule has 0 radical (unpaired) electrons. The Morgan fingerprint density at radius 2 is 2.06 bits per heavy atom. The smallest absolute Gasteiger partial charge is 0.199 e. The van der Waals surface area contributed by atoms with Gasteiger partial charge in [-0.25, -0.2) is 4.39 Å². The summed E-state index contributed by atoms with van der Waals surface area (Å²) in [5.41, 5.74) is 6.36. The van der Waals surface area contributed by atoms with Crippen LogP contribution in [0.25, 0.3) is 0 Å². The van der Waals surface area contributed by atoms with Crippen LogP contribution in [0.5, 0.6) is 11.5 Å². The Kier molecular flexibility index (Phi) is 4.14. The molecule has 0 amide bonds. The molecule has 17 heavy (non-hydrogen) atoms. The van der Waals surface area contributed by atoms with Crippen LogP contribution < -0.4 is 20.5 Å². The molecule has 0 aliphatic heterocycles. The molecule has 0 aliphatic carbocycles. The first-order valence-electron chi connectivity index (χ1n) is 4.95. The molecule has 0 atom stereocenters. The van der Waals surface area contributed by atoms with Crippen molar-refractivity contribution in [2.45, 2.75) is 0 Å². The highest BCUT2D eigenvalue weighted by atomic mass is 19.1. The number of nitrogens with zero attached hydrogens (tertiary/aromatic N) is 1. The molecule has 0 spiro atoms. The maximum Gasteiger partial charge on any atom is 0.199 e. The number of amidine groups is 1. The van der Waals surface area contributed by atoms with E-state index in [4.69, 9.17) is 15.2 Å². The summed E-state index contributed by atoms with van der Waals surface area (Å²) in [6.07, 6.45) is 0. The Hall–Kier alpha value is -1.98. The Balaban J connectivity index is 3.56. The Bertz CT molecular complexity index is 447. The summed E-state index contributed by atoms with van der Waals surface area (Å²) in [7, 11) is 5.93. The number of hydrogen-bond acceptors (Lipinski definition) is 4. The minimum absolute atomic E-state index is 0.0319. The average molecular weight is 241 g/mol. The molecule has 0 saturated carbocycles. The predicted molar refractivity (Wildman–Crippen MR) is 65.7 cm³/mol. The maximum absolute atomic E-state index is 14.1. The van der Waals surface area contributed by atoms with Crippen molar-refractivity contribution in [3.8, 4) is 11.5 Å². The topological polar surface area (TPSA) is 68.9 Å². The van der Waals surface area contributed by atoms with Gasteiger partial charge in [0, 0.05) is 19.7 Å². The second kappa shape index (κ2) is 5.38. The summed E-state index contributed by atoms with van der Waals surface area (Å²) in [6.45, 7) is 0. The van der Waals surface area contributed by atoms with Gasteiger partial charge in [0.15, 0.2) is 17.3 Å². The molecule has 3 N–H and O–H groups in total.